The first kappa shape index (κ1) is 20.3. The fraction of sp³-hybridized carbons (Fsp3) is 0.167. The van der Waals surface area contributed by atoms with Crippen molar-refractivity contribution >= 4 is 22.9 Å². The van der Waals surface area contributed by atoms with Crippen molar-refractivity contribution in [3.63, 3.8) is 0 Å². The van der Waals surface area contributed by atoms with Crippen molar-refractivity contribution in [2.45, 2.75) is 31.7 Å². The van der Waals surface area contributed by atoms with Gasteiger partial charge in [-0.25, -0.2) is 15.0 Å². The summed E-state index contributed by atoms with van der Waals surface area (Å²) in [6.45, 7) is 6.03. The maximum Gasteiger partial charge on any atom is 0.278 e. The number of imidazole rings is 1. The summed E-state index contributed by atoms with van der Waals surface area (Å²) in [5.74, 6) is 1.94. The molecule has 8 heteroatoms. The van der Waals surface area contributed by atoms with E-state index in [-0.39, 0.29) is 5.56 Å². The van der Waals surface area contributed by atoms with Crippen LogP contribution in [0.2, 0.25) is 0 Å². The molecule has 5 aromatic rings. The minimum Gasteiger partial charge on any atom is -0.441 e. The van der Waals surface area contributed by atoms with Crippen LogP contribution in [0.25, 0.3) is 28.3 Å². The topological polar surface area (TPSA) is 89.6 Å². The van der Waals surface area contributed by atoms with Crippen molar-refractivity contribution in [1.82, 2.24) is 24.5 Å². The van der Waals surface area contributed by atoms with Gasteiger partial charge in [-0.1, -0.05) is 47.7 Å². The fourth-order valence-electron chi connectivity index (χ4n) is 3.57. The zero-order valence-electron chi connectivity index (χ0n) is 17.9. The number of hydrogen-bond donors (Lipinski definition) is 1. The molecule has 0 amide bonds. The van der Waals surface area contributed by atoms with E-state index < -0.39 is 0 Å². The monoisotopic (exact) mass is 443 g/mol. The third-order valence-electron chi connectivity index (χ3n) is 5.29. The molecule has 2 aromatic carbocycles. The molecule has 0 aliphatic heterocycles. The van der Waals surface area contributed by atoms with Crippen molar-refractivity contribution in [2.75, 3.05) is 0 Å². The molecule has 32 heavy (non-hydrogen) atoms. The van der Waals surface area contributed by atoms with Gasteiger partial charge >= 0.3 is 0 Å². The highest BCUT2D eigenvalue weighted by Crippen LogP contribution is 2.31. The van der Waals surface area contributed by atoms with E-state index >= 15 is 0 Å². The Morgan fingerprint density at radius 1 is 1.06 bits per heavy atom. The second-order valence-electron chi connectivity index (χ2n) is 7.60. The van der Waals surface area contributed by atoms with Crippen molar-refractivity contribution in [2.24, 2.45) is 0 Å². The quantitative estimate of drug-likeness (QED) is 0.385. The molecule has 0 atom stereocenters. The van der Waals surface area contributed by atoms with Crippen LogP contribution >= 0.6 is 11.8 Å². The van der Waals surface area contributed by atoms with Gasteiger partial charge in [-0.2, -0.15) is 0 Å². The molecule has 0 bridgehead atoms. The number of H-pyrrole nitrogens is 1. The minimum absolute atomic E-state index is 0.263. The van der Waals surface area contributed by atoms with Crippen molar-refractivity contribution in [3.8, 4) is 17.1 Å². The van der Waals surface area contributed by atoms with Crippen LogP contribution < -0.4 is 5.56 Å². The Morgan fingerprint density at radius 3 is 2.69 bits per heavy atom. The SMILES string of the molecule is Cc1ccc(C)c(-c2nc(CSc3nc4c(=O)[nH]cnc4n3-c3ccccc3)c(C)o2)c1. The summed E-state index contributed by atoms with van der Waals surface area (Å²) in [5.41, 5.74) is 5.59. The number of benzene rings is 2. The summed E-state index contributed by atoms with van der Waals surface area (Å²) in [7, 11) is 0. The molecule has 0 spiro atoms. The van der Waals surface area contributed by atoms with E-state index in [9.17, 15) is 4.79 Å². The molecule has 3 heterocycles. The van der Waals surface area contributed by atoms with Crippen molar-refractivity contribution in [3.05, 3.63) is 87.8 Å². The number of nitrogens with one attached hydrogen (secondary N) is 1. The van der Waals surface area contributed by atoms with Gasteiger partial charge in [-0.05, 0) is 44.5 Å². The van der Waals surface area contributed by atoms with E-state index in [0.717, 1.165) is 33.8 Å². The van der Waals surface area contributed by atoms with Crippen LogP contribution in [-0.4, -0.2) is 24.5 Å². The van der Waals surface area contributed by atoms with E-state index in [2.05, 4.69) is 47.0 Å². The Balaban J connectivity index is 1.52. The Labute approximate surface area is 188 Å². The van der Waals surface area contributed by atoms with E-state index in [4.69, 9.17) is 9.40 Å². The molecule has 0 aliphatic rings. The minimum atomic E-state index is -0.263. The normalized spacial score (nSPS) is 11.3. The molecular formula is C24H21N5O2S. The van der Waals surface area contributed by atoms with Gasteiger partial charge in [0.2, 0.25) is 5.89 Å². The van der Waals surface area contributed by atoms with Crippen LogP contribution in [0.15, 0.2) is 69.2 Å². The lowest BCUT2D eigenvalue weighted by Gasteiger charge is -2.07. The van der Waals surface area contributed by atoms with Gasteiger partial charge in [0.15, 0.2) is 16.3 Å². The van der Waals surface area contributed by atoms with Crippen LogP contribution in [-0.2, 0) is 5.75 Å². The van der Waals surface area contributed by atoms with E-state index in [0.29, 0.717) is 28.0 Å². The van der Waals surface area contributed by atoms with Gasteiger partial charge in [0.25, 0.3) is 5.56 Å². The summed E-state index contributed by atoms with van der Waals surface area (Å²) in [5, 5.41) is 0.672. The van der Waals surface area contributed by atoms with E-state index in [1.807, 2.05) is 41.8 Å². The molecule has 7 nitrogen and oxygen atoms in total. The van der Waals surface area contributed by atoms with Crippen LogP contribution in [0.3, 0.4) is 0 Å². The van der Waals surface area contributed by atoms with Gasteiger partial charge in [0, 0.05) is 17.0 Å². The van der Waals surface area contributed by atoms with Crippen molar-refractivity contribution < 1.29 is 4.42 Å². The standard InChI is InChI=1S/C24H21N5O2S/c1-14-9-10-15(2)18(11-14)23-27-19(16(3)31-23)12-32-24-28-20-21(25-13-26-22(20)30)29(24)17-7-5-4-6-8-17/h4-11,13H,12H2,1-3H3,(H,25,26,30). The third-order valence-corrected chi connectivity index (χ3v) is 6.24. The summed E-state index contributed by atoms with van der Waals surface area (Å²) in [6, 6.07) is 16.0. The first-order valence-corrected chi connectivity index (χ1v) is 11.2. The average molecular weight is 444 g/mol. The zero-order chi connectivity index (χ0) is 22.2. The lowest BCUT2D eigenvalue weighted by atomic mass is 10.1. The number of aromatic amines is 1. The van der Waals surface area contributed by atoms with Gasteiger partial charge < -0.3 is 9.40 Å². The fourth-order valence-corrected chi connectivity index (χ4v) is 4.58. The number of thioether (sulfide) groups is 1. The predicted molar refractivity (Wildman–Crippen MR) is 125 cm³/mol. The lowest BCUT2D eigenvalue weighted by molar-refractivity contribution is 0.540. The molecule has 0 aliphatic carbocycles. The Bertz CT molecular complexity index is 1480. The molecule has 0 saturated heterocycles. The van der Waals surface area contributed by atoms with Crippen molar-refractivity contribution in [1.29, 1.82) is 0 Å². The first-order chi connectivity index (χ1) is 15.5. The summed E-state index contributed by atoms with van der Waals surface area (Å²) in [6.07, 6.45) is 1.40. The number of nitrogens with zero attached hydrogens (tertiary/aromatic N) is 4. The van der Waals surface area contributed by atoms with Gasteiger partial charge in [0.05, 0.1) is 12.0 Å². The maximum atomic E-state index is 12.3. The van der Waals surface area contributed by atoms with Crippen LogP contribution in [0.1, 0.15) is 22.6 Å². The molecule has 0 saturated carbocycles. The number of para-hydroxylation sites is 1. The number of fused-ring (bicyclic) bond motifs is 1. The highest BCUT2D eigenvalue weighted by molar-refractivity contribution is 7.98. The van der Waals surface area contributed by atoms with Gasteiger partial charge in [-0.3, -0.25) is 9.36 Å². The molecule has 5 rings (SSSR count). The molecule has 160 valence electrons. The molecular weight excluding hydrogens is 422 g/mol. The number of oxazole rings is 1. The number of rotatable bonds is 5. The summed E-state index contributed by atoms with van der Waals surface area (Å²) in [4.78, 5) is 28.6. The van der Waals surface area contributed by atoms with Crippen LogP contribution in [0.4, 0.5) is 0 Å². The Kier molecular flexibility index (Phi) is 5.14. The molecule has 3 aromatic heterocycles. The molecule has 0 fully saturated rings. The molecule has 0 unspecified atom stereocenters. The highest BCUT2D eigenvalue weighted by atomic mass is 32.2. The molecule has 1 N–H and O–H groups in total. The van der Waals surface area contributed by atoms with Crippen LogP contribution in [0.5, 0.6) is 0 Å². The summed E-state index contributed by atoms with van der Waals surface area (Å²) >= 11 is 1.50. The maximum absolute atomic E-state index is 12.3. The number of hydrogen-bond acceptors (Lipinski definition) is 6. The third kappa shape index (κ3) is 3.62. The average Bonchev–Trinajstić information content (AvgIpc) is 3.35. The largest absolute Gasteiger partial charge is 0.441 e. The van der Waals surface area contributed by atoms with E-state index in [1.165, 1.54) is 18.1 Å². The van der Waals surface area contributed by atoms with Gasteiger partial charge in [-0.15, -0.1) is 0 Å². The highest BCUT2D eigenvalue weighted by Gasteiger charge is 2.19. The molecule has 0 radical (unpaired) electrons. The first-order valence-electron chi connectivity index (χ1n) is 10.2. The zero-order valence-corrected chi connectivity index (χ0v) is 18.7. The Morgan fingerprint density at radius 2 is 1.88 bits per heavy atom. The lowest BCUT2D eigenvalue weighted by Crippen LogP contribution is -2.07. The van der Waals surface area contributed by atoms with Gasteiger partial charge in [0.1, 0.15) is 5.76 Å². The Hall–Kier alpha value is -3.65. The van der Waals surface area contributed by atoms with E-state index in [1.54, 1.807) is 0 Å². The number of aromatic nitrogens is 5. The number of aryl methyl sites for hydroxylation is 3. The second kappa shape index (κ2) is 8.12. The predicted octanol–water partition coefficient (Wildman–Crippen LogP) is 4.98. The second-order valence-corrected chi connectivity index (χ2v) is 8.54. The van der Waals surface area contributed by atoms with Crippen LogP contribution in [0, 0.1) is 20.8 Å². The smallest absolute Gasteiger partial charge is 0.278 e. The summed E-state index contributed by atoms with van der Waals surface area (Å²) < 4.78 is 7.90.